The van der Waals surface area contributed by atoms with Crippen LogP contribution < -0.4 is 10.1 Å². The predicted molar refractivity (Wildman–Crippen MR) is 137 cm³/mol. The zero-order chi connectivity index (χ0) is 25.8. The highest BCUT2D eigenvalue weighted by molar-refractivity contribution is 6.34. The van der Waals surface area contributed by atoms with Crippen LogP contribution in [0.15, 0.2) is 42.5 Å². The van der Waals surface area contributed by atoms with E-state index in [9.17, 15) is 14.0 Å². The molecule has 36 heavy (non-hydrogen) atoms. The number of likely N-dealkylation sites (tertiary alicyclic amines) is 1. The minimum Gasteiger partial charge on any atom is -0.496 e. The Morgan fingerprint density at radius 1 is 1.17 bits per heavy atom. The number of amides is 2. The number of aromatic nitrogens is 2. The number of hydrogen-bond acceptors (Lipinski definition) is 4. The Balaban J connectivity index is 1.33. The van der Waals surface area contributed by atoms with E-state index in [2.05, 4.69) is 10.4 Å². The molecule has 1 aliphatic heterocycles. The average Bonchev–Trinajstić information content (AvgIpc) is 3.18. The van der Waals surface area contributed by atoms with Crippen molar-refractivity contribution in [3.63, 3.8) is 0 Å². The third-order valence-corrected chi connectivity index (χ3v) is 7.04. The third-order valence-electron chi connectivity index (χ3n) is 6.64. The van der Waals surface area contributed by atoms with E-state index >= 15 is 0 Å². The van der Waals surface area contributed by atoms with Gasteiger partial charge in [-0.05, 0) is 48.9 Å². The summed E-state index contributed by atoms with van der Waals surface area (Å²) in [5.41, 5.74) is 3.67. The number of nitrogens with zero attached hydrogens (tertiary/aromatic N) is 3. The first kappa shape index (κ1) is 25.7. The number of carbonyl (C=O) groups excluding carboxylic acids is 2. The molecule has 1 aliphatic rings. The maximum atomic E-state index is 13.4. The largest absolute Gasteiger partial charge is 0.496 e. The molecular weight excluding hydrogens is 483 g/mol. The van der Waals surface area contributed by atoms with Crippen LogP contribution in [-0.2, 0) is 24.7 Å². The maximum absolute atomic E-state index is 13.4. The number of methoxy groups -OCH3 is 1. The van der Waals surface area contributed by atoms with Gasteiger partial charge in [0, 0.05) is 37.5 Å². The van der Waals surface area contributed by atoms with Gasteiger partial charge in [-0.15, -0.1) is 0 Å². The summed E-state index contributed by atoms with van der Waals surface area (Å²) in [5.74, 6) is -0.0194. The molecule has 190 valence electrons. The molecule has 0 unspecified atom stereocenters. The van der Waals surface area contributed by atoms with Crippen LogP contribution >= 0.6 is 11.6 Å². The molecule has 2 aromatic carbocycles. The number of aryl methyl sites for hydroxylation is 2. The lowest BCUT2D eigenvalue weighted by Crippen LogP contribution is -2.38. The fourth-order valence-electron chi connectivity index (χ4n) is 4.66. The lowest BCUT2D eigenvalue weighted by atomic mass is 9.89. The molecule has 0 spiro atoms. The first-order valence-electron chi connectivity index (χ1n) is 12.0. The van der Waals surface area contributed by atoms with Crippen molar-refractivity contribution < 1.29 is 18.7 Å². The molecule has 0 radical (unpaired) electrons. The summed E-state index contributed by atoms with van der Waals surface area (Å²) in [6.45, 7) is 3.25. The SMILES string of the molecule is CCc1nn(C)c(C(=O)N2CCC(c3ccc(NC(=O)Cc4ccc(F)cc4OC)cc3)CC2)c1Cl. The van der Waals surface area contributed by atoms with Crippen LogP contribution in [-0.4, -0.2) is 46.7 Å². The Bertz CT molecular complexity index is 1250. The molecule has 0 saturated carbocycles. The fraction of sp³-hybridized carbons (Fsp3) is 0.370. The topological polar surface area (TPSA) is 76.5 Å². The molecule has 0 bridgehead atoms. The van der Waals surface area contributed by atoms with Crippen molar-refractivity contribution in [1.82, 2.24) is 14.7 Å². The molecule has 2 amide bonds. The van der Waals surface area contributed by atoms with E-state index in [1.165, 1.54) is 24.8 Å². The van der Waals surface area contributed by atoms with Gasteiger partial charge in [-0.25, -0.2) is 4.39 Å². The quantitative estimate of drug-likeness (QED) is 0.484. The van der Waals surface area contributed by atoms with Crippen molar-refractivity contribution in [3.05, 3.63) is 75.8 Å². The van der Waals surface area contributed by atoms with Gasteiger partial charge in [0.1, 0.15) is 17.3 Å². The molecule has 2 heterocycles. The summed E-state index contributed by atoms with van der Waals surface area (Å²) in [6, 6.07) is 11.9. The van der Waals surface area contributed by atoms with Crippen LogP contribution in [0.25, 0.3) is 0 Å². The van der Waals surface area contributed by atoms with Crippen LogP contribution in [0.3, 0.4) is 0 Å². The van der Waals surface area contributed by atoms with E-state index in [0.717, 1.165) is 18.5 Å². The second-order valence-corrected chi connectivity index (χ2v) is 9.33. The third kappa shape index (κ3) is 5.54. The number of ether oxygens (including phenoxy) is 1. The fourth-order valence-corrected chi connectivity index (χ4v) is 5.03. The number of piperidine rings is 1. The Kier molecular flexibility index (Phi) is 7.94. The highest BCUT2D eigenvalue weighted by Gasteiger charge is 2.29. The molecule has 7 nitrogen and oxygen atoms in total. The highest BCUT2D eigenvalue weighted by Crippen LogP contribution is 2.31. The number of halogens is 2. The van der Waals surface area contributed by atoms with Crippen molar-refractivity contribution in [2.24, 2.45) is 7.05 Å². The molecular formula is C27H30ClFN4O3. The predicted octanol–water partition coefficient (Wildman–Crippen LogP) is 4.98. The van der Waals surface area contributed by atoms with Crippen LogP contribution in [0.1, 0.15) is 53.0 Å². The van der Waals surface area contributed by atoms with E-state index < -0.39 is 5.82 Å². The Hall–Kier alpha value is -3.39. The number of carbonyl (C=O) groups is 2. The molecule has 0 atom stereocenters. The summed E-state index contributed by atoms with van der Waals surface area (Å²) in [7, 11) is 3.20. The number of hydrogen-bond donors (Lipinski definition) is 1. The molecule has 1 aromatic heterocycles. The number of benzene rings is 2. The second kappa shape index (κ2) is 11.1. The smallest absolute Gasteiger partial charge is 0.273 e. The zero-order valence-electron chi connectivity index (χ0n) is 20.7. The lowest BCUT2D eigenvalue weighted by Gasteiger charge is -2.32. The summed E-state index contributed by atoms with van der Waals surface area (Å²) < 4.78 is 20.1. The van der Waals surface area contributed by atoms with Gasteiger partial charge in [0.25, 0.3) is 5.91 Å². The zero-order valence-corrected chi connectivity index (χ0v) is 21.4. The van der Waals surface area contributed by atoms with Gasteiger partial charge in [0.2, 0.25) is 5.91 Å². The Morgan fingerprint density at radius 3 is 2.47 bits per heavy atom. The first-order valence-corrected chi connectivity index (χ1v) is 12.4. The molecule has 1 N–H and O–H groups in total. The number of nitrogens with one attached hydrogen (secondary N) is 1. The second-order valence-electron chi connectivity index (χ2n) is 8.96. The van der Waals surface area contributed by atoms with Crippen molar-refractivity contribution in [1.29, 1.82) is 0 Å². The Labute approximate surface area is 215 Å². The van der Waals surface area contributed by atoms with Crippen LogP contribution in [0.5, 0.6) is 5.75 Å². The van der Waals surface area contributed by atoms with Crippen LogP contribution in [0, 0.1) is 5.82 Å². The van der Waals surface area contributed by atoms with Crippen molar-refractivity contribution in [2.45, 2.75) is 38.5 Å². The average molecular weight is 513 g/mol. The van der Waals surface area contributed by atoms with Crippen LogP contribution in [0.2, 0.25) is 5.02 Å². The number of rotatable bonds is 7. The molecule has 3 aromatic rings. The van der Waals surface area contributed by atoms with Gasteiger partial charge in [-0.1, -0.05) is 36.7 Å². The lowest BCUT2D eigenvalue weighted by molar-refractivity contribution is -0.115. The van der Waals surface area contributed by atoms with E-state index in [1.807, 2.05) is 36.1 Å². The van der Waals surface area contributed by atoms with Gasteiger partial charge in [0.15, 0.2) is 0 Å². The molecule has 1 fully saturated rings. The standard InChI is InChI=1S/C27H30ClFN4O3/c1-4-22-25(28)26(32(2)31-22)27(35)33-13-11-18(12-14-33)17-6-9-21(10-7-17)30-24(34)15-19-5-8-20(29)16-23(19)36-3/h5-10,16,18H,4,11-15H2,1-3H3,(H,30,34). The summed E-state index contributed by atoms with van der Waals surface area (Å²) >= 11 is 6.40. The summed E-state index contributed by atoms with van der Waals surface area (Å²) in [6.07, 6.45) is 2.45. The van der Waals surface area contributed by atoms with Crippen LogP contribution in [0.4, 0.5) is 10.1 Å². The molecule has 1 saturated heterocycles. The first-order chi connectivity index (χ1) is 17.3. The van der Waals surface area contributed by atoms with E-state index in [-0.39, 0.29) is 18.2 Å². The minimum absolute atomic E-state index is 0.0796. The van der Waals surface area contributed by atoms with Crippen molar-refractivity contribution in [2.75, 3.05) is 25.5 Å². The molecule has 9 heteroatoms. The highest BCUT2D eigenvalue weighted by atomic mass is 35.5. The van der Waals surface area contributed by atoms with Crippen molar-refractivity contribution in [3.8, 4) is 5.75 Å². The van der Waals surface area contributed by atoms with E-state index in [0.29, 0.717) is 53.1 Å². The minimum atomic E-state index is -0.409. The molecule has 0 aliphatic carbocycles. The van der Waals surface area contributed by atoms with Gasteiger partial charge < -0.3 is 15.0 Å². The monoisotopic (exact) mass is 512 g/mol. The molecule has 4 rings (SSSR count). The number of anilines is 1. The van der Waals surface area contributed by atoms with Gasteiger partial charge in [-0.2, -0.15) is 5.10 Å². The normalized spacial score (nSPS) is 14.1. The van der Waals surface area contributed by atoms with Crippen molar-refractivity contribution >= 4 is 29.1 Å². The van der Waals surface area contributed by atoms with E-state index in [1.54, 1.807) is 17.8 Å². The van der Waals surface area contributed by atoms with Gasteiger partial charge in [0.05, 0.1) is 24.2 Å². The summed E-state index contributed by atoms with van der Waals surface area (Å²) in [4.78, 5) is 27.4. The summed E-state index contributed by atoms with van der Waals surface area (Å²) in [5, 5.41) is 7.69. The maximum Gasteiger partial charge on any atom is 0.273 e. The Morgan fingerprint density at radius 2 is 1.86 bits per heavy atom. The van der Waals surface area contributed by atoms with Gasteiger partial charge >= 0.3 is 0 Å². The van der Waals surface area contributed by atoms with Gasteiger partial charge in [-0.3, -0.25) is 14.3 Å². The van der Waals surface area contributed by atoms with E-state index in [4.69, 9.17) is 16.3 Å².